The fourth-order valence-electron chi connectivity index (χ4n) is 2.80. The molecule has 0 saturated carbocycles. The number of benzene rings is 3. The van der Waals surface area contributed by atoms with Crippen LogP contribution in [-0.2, 0) is 11.4 Å². The van der Waals surface area contributed by atoms with E-state index in [9.17, 15) is 4.79 Å². The van der Waals surface area contributed by atoms with Crippen LogP contribution in [-0.4, -0.2) is 11.1 Å². The number of amidine groups is 1. The Morgan fingerprint density at radius 3 is 2.12 bits per heavy atom. The monoisotopic (exact) mass is 522 g/mol. The topological polar surface area (TPSA) is 50.7 Å². The fraction of sp³-hybridized carbons (Fsp3) is 0.0435. The van der Waals surface area contributed by atoms with Crippen molar-refractivity contribution in [1.82, 2.24) is 5.32 Å². The van der Waals surface area contributed by atoms with E-state index in [1.54, 1.807) is 54.6 Å². The van der Waals surface area contributed by atoms with Crippen LogP contribution < -0.4 is 10.1 Å². The minimum Gasteiger partial charge on any atom is -0.486 e. The molecule has 32 heavy (non-hydrogen) atoms. The third-order valence-corrected chi connectivity index (χ3v) is 6.30. The van der Waals surface area contributed by atoms with Crippen LogP contribution >= 0.6 is 58.2 Å². The number of rotatable bonds is 5. The van der Waals surface area contributed by atoms with E-state index in [0.717, 1.165) is 5.56 Å². The predicted octanol–water partition coefficient (Wildman–Crippen LogP) is 7.77. The van der Waals surface area contributed by atoms with E-state index in [0.29, 0.717) is 53.8 Å². The van der Waals surface area contributed by atoms with Crippen molar-refractivity contribution >= 4 is 81.0 Å². The summed E-state index contributed by atoms with van der Waals surface area (Å²) in [4.78, 5) is 17.2. The Morgan fingerprint density at radius 2 is 1.50 bits per heavy atom. The highest BCUT2D eigenvalue weighted by atomic mass is 35.5. The van der Waals surface area contributed by atoms with Crippen molar-refractivity contribution in [3.8, 4) is 5.75 Å². The molecule has 0 unspecified atom stereocenters. The Balaban J connectivity index is 1.49. The normalized spacial score (nSPS) is 15.9. The van der Waals surface area contributed by atoms with Gasteiger partial charge in [-0.3, -0.25) is 4.79 Å². The van der Waals surface area contributed by atoms with Crippen molar-refractivity contribution in [2.24, 2.45) is 4.99 Å². The molecule has 1 N–H and O–H groups in total. The molecule has 0 aliphatic carbocycles. The number of aliphatic imine (C=N–C) groups is 1. The number of ether oxygens (including phenoxy) is 1. The molecular formula is C23H14Cl4N2O2S. The van der Waals surface area contributed by atoms with Crippen LogP contribution in [0.5, 0.6) is 5.75 Å². The fourth-order valence-corrected chi connectivity index (χ4v) is 4.51. The van der Waals surface area contributed by atoms with Crippen LogP contribution in [0.2, 0.25) is 20.1 Å². The zero-order valence-corrected chi connectivity index (χ0v) is 20.1. The zero-order valence-electron chi connectivity index (χ0n) is 16.2. The molecule has 0 aromatic heterocycles. The molecule has 3 aromatic rings. The van der Waals surface area contributed by atoms with Crippen LogP contribution in [0.15, 0.2) is 70.6 Å². The maximum absolute atomic E-state index is 12.4. The van der Waals surface area contributed by atoms with Gasteiger partial charge in [0.2, 0.25) is 0 Å². The lowest BCUT2D eigenvalue weighted by Gasteiger charge is -2.11. The Morgan fingerprint density at radius 1 is 0.906 bits per heavy atom. The first-order chi connectivity index (χ1) is 15.4. The number of carbonyl (C=O) groups is 1. The summed E-state index contributed by atoms with van der Waals surface area (Å²) in [5.41, 5.74) is 2.29. The molecule has 1 saturated heterocycles. The number of amides is 1. The lowest BCUT2D eigenvalue weighted by molar-refractivity contribution is -0.115. The molecule has 0 spiro atoms. The van der Waals surface area contributed by atoms with Gasteiger partial charge in [-0.25, -0.2) is 4.99 Å². The Labute approximate surface area is 209 Å². The van der Waals surface area contributed by atoms with Gasteiger partial charge in [-0.2, -0.15) is 0 Å². The van der Waals surface area contributed by atoms with E-state index < -0.39 is 0 Å². The van der Waals surface area contributed by atoms with Crippen LogP contribution in [0, 0.1) is 0 Å². The minimum absolute atomic E-state index is 0.252. The van der Waals surface area contributed by atoms with Gasteiger partial charge in [-0.05, 0) is 77.5 Å². The summed E-state index contributed by atoms with van der Waals surface area (Å²) >= 11 is 25.8. The highest BCUT2D eigenvalue weighted by molar-refractivity contribution is 8.18. The number of hydrogen-bond donors (Lipinski definition) is 1. The Kier molecular flexibility index (Phi) is 7.33. The number of thioether (sulfide) groups is 1. The maximum Gasteiger partial charge on any atom is 0.264 e. The SMILES string of the molecule is O=C1NC(=Nc2ccc(Cl)cc2)S/C1=C\c1cc(Cl)c(OCc2ccc(Cl)cc2)c(Cl)c1. The Bertz CT molecular complexity index is 1200. The zero-order chi connectivity index (χ0) is 22.7. The van der Waals surface area contributed by atoms with Gasteiger partial charge in [0.05, 0.1) is 20.6 Å². The van der Waals surface area contributed by atoms with E-state index in [1.165, 1.54) is 11.8 Å². The summed E-state index contributed by atoms with van der Waals surface area (Å²) < 4.78 is 5.79. The number of nitrogens with zero attached hydrogens (tertiary/aromatic N) is 1. The number of hydrogen-bond acceptors (Lipinski definition) is 4. The van der Waals surface area contributed by atoms with Gasteiger partial charge in [-0.15, -0.1) is 0 Å². The van der Waals surface area contributed by atoms with Crippen molar-refractivity contribution in [2.45, 2.75) is 6.61 Å². The molecule has 162 valence electrons. The molecule has 4 rings (SSSR count). The van der Waals surface area contributed by atoms with Crippen molar-refractivity contribution in [1.29, 1.82) is 0 Å². The lowest BCUT2D eigenvalue weighted by atomic mass is 10.2. The van der Waals surface area contributed by atoms with Crippen molar-refractivity contribution in [3.63, 3.8) is 0 Å². The number of nitrogens with one attached hydrogen (secondary N) is 1. The molecule has 9 heteroatoms. The molecular weight excluding hydrogens is 510 g/mol. The predicted molar refractivity (Wildman–Crippen MR) is 135 cm³/mol. The molecule has 1 amide bonds. The molecule has 1 aliphatic rings. The molecule has 1 fully saturated rings. The van der Waals surface area contributed by atoms with Gasteiger partial charge < -0.3 is 10.1 Å². The maximum atomic E-state index is 12.4. The van der Waals surface area contributed by atoms with E-state index >= 15 is 0 Å². The summed E-state index contributed by atoms with van der Waals surface area (Å²) in [6.07, 6.45) is 1.70. The van der Waals surface area contributed by atoms with Crippen molar-refractivity contribution in [3.05, 3.63) is 96.8 Å². The first kappa shape index (κ1) is 23.0. The molecule has 4 nitrogen and oxygen atoms in total. The average Bonchev–Trinajstić information content (AvgIpc) is 3.09. The third kappa shape index (κ3) is 5.80. The third-order valence-electron chi connectivity index (χ3n) is 4.32. The molecule has 1 aliphatic heterocycles. The first-order valence-corrected chi connectivity index (χ1v) is 11.6. The summed E-state index contributed by atoms with van der Waals surface area (Å²) in [7, 11) is 0. The minimum atomic E-state index is -0.252. The van der Waals surface area contributed by atoms with Crippen LogP contribution in [0.3, 0.4) is 0 Å². The van der Waals surface area contributed by atoms with Crippen LogP contribution in [0.1, 0.15) is 11.1 Å². The highest BCUT2D eigenvalue weighted by Gasteiger charge is 2.24. The summed E-state index contributed by atoms with van der Waals surface area (Å²) in [5, 5.41) is 5.18. The van der Waals surface area contributed by atoms with Gasteiger partial charge in [0.25, 0.3) is 5.91 Å². The van der Waals surface area contributed by atoms with Gasteiger partial charge >= 0.3 is 0 Å². The second-order valence-corrected chi connectivity index (χ2v) is 9.40. The summed E-state index contributed by atoms with van der Waals surface area (Å²) in [5.74, 6) is 0.122. The van der Waals surface area contributed by atoms with Crippen molar-refractivity contribution < 1.29 is 9.53 Å². The van der Waals surface area contributed by atoms with Crippen LogP contribution in [0.4, 0.5) is 5.69 Å². The lowest BCUT2D eigenvalue weighted by Crippen LogP contribution is -2.19. The smallest absolute Gasteiger partial charge is 0.264 e. The van der Waals surface area contributed by atoms with Crippen molar-refractivity contribution in [2.75, 3.05) is 0 Å². The van der Waals surface area contributed by atoms with Gasteiger partial charge in [0.15, 0.2) is 10.9 Å². The second kappa shape index (κ2) is 10.2. The largest absolute Gasteiger partial charge is 0.486 e. The summed E-state index contributed by atoms with van der Waals surface area (Å²) in [6, 6.07) is 17.7. The quantitative estimate of drug-likeness (QED) is 0.347. The Hall–Kier alpha value is -2.15. The van der Waals surface area contributed by atoms with Crippen LogP contribution in [0.25, 0.3) is 6.08 Å². The van der Waals surface area contributed by atoms with Gasteiger partial charge in [0.1, 0.15) is 6.61 Å². The van der Waals surface area contributed by atoms with Gasteiger partial charge in [0, 0.05) is 10.0 Å². The molecule has 0 radical (unpaired) electrons. The number of halogens is 4. The molecule has 3 aromatic carbocycles. The number of carbonyl (C=O) groups excluding carboxylic acids is 1. The van der Waals surface area contributed by atoms with E-state index in [4.69, 9.17) is 51.1 Å². The highest BCUT2D eigenvalue weighted by Crippen LogP contribution is 2.37. The van der Waals surface area contributed by atoms with E-state index in [2.05, 4.69) is 10.3 Å². The average molecular weight is 524 g/mol. The molecule has 0 bridgehead atoms. The second-order valence-electron chi connectivity index (χ2n) is 6.69. The van der Waals surface area contributed by atoms with E-state index in [1.807, 2.05) is 12.1 Å². The first-order valence-electron chi connectivity index (χ1n) is 9.29. The molecule has 0 atom stereocenters. The summed E-state index contributed by atoms with van der Waals surface area (Å²) in [6.45, 7) is 0.291. The standard InChI is InChI=1S/C23H14Cl4N2O2S/c24-15-3-1-13(2-4-15)12-31-21-18(26)9-14(10-19(21)27)11-20-22(30)29-23(32-20)28-17-7-5-16(25)6-8-17/h1-11H,12H2,(H,28,29,30)/b20-11-. The van der Waals surface area contributed by atoms with Gasteiger partial charge in [-0.1, -0.05) is 58.5 Å². The molecule has 1 heterocycles. The van der Waals surface area contributed by atoms with E-state index in [-0.39, 0.29) is 5.91 Å².